The highest BCUT2D eigenvalue weighted by Gasteiger charge is 2.28. The largest absolute Gasteiger partial charge is 0.462 e. The number of rotatable bonds is 7. The number of thiophene rings is 2. The van der Waals surface area contributed by atoms with E-state index >= 15 is 0 Å². The average Bonchev–Trinajstić information content (AvgIpc) is 3.64. The molecule has 0 unspecified atom stereocenters. The van der Waals surface area contributed by atoms with Crippen molar-refractivity contribution in [3.63, 3.8) is 0 Å². The van der Waals surface area contributed by atoms with E-state index in [0.717, 1.165) is 57.3 Å². The van der Waals surface area contributed by atoms with E-state index in [1.807, 2.05) is 36.6 Å². The third-order valence-electron chi connectivity index (χ3n) is 6.99. The maximum Gasteiger partial charge on any atom is 0.341 e. The van der Waals surface area contributed by atoms with Crippen LogP contribution in [0.25, 0.3) is 5.00 Å². The summed E-state index contributed by atoms with van der Waals surface area (Å²) in [6.07, 6.45) is 11.1. The van der Waals surface area contributed by atoms with Crippen molar-refractivity contribution < 1.29 is 9.53 Å². The van der Waals surface area contributed by atoms with Crippen LogP contribution in [0.1, 0.15) is 63.5 Å². The second-order valence-electron chi connectivity index (χ2n) is 9.17. The monoisotopic (exact) mass is 536 g/mol. The summed E-state index contributed by atoms with van der Waals surface area (Å²) in [6.45, 7) is 7.92. The lowest BCUT2D eigenvalue weighted by atomic mass is 9.95. The van der Waals surface area contributed by atoms with E-state index in [2.05, 4.69) is 44.4 Å². The predicted octanol–water partition coefficient (Wildman–Crippen LogP) is 5.07. The second kappa shape index (κ2) is 11.5. The van der Waals surface area contributed by atoms with E-state index in [-0.39, 0.29) is 5.97 Å². The number of nitrogens with zero attached hydrogens (tertiary/aromatic N) is 4. The number of anilines is 1. The summed E-state index contributed by atoms with van der Waals surface area (Å²) >= 11 is 3.41. The van der Waals surface area contributed by atoms with Crippen LogP contribution in [0.5, 0.6) is 0 Å². The number of fused-ring (bicyclic) bond motifs is 2. The molecule has 1 aliphatic carbocycles. The van der Waals surface area contributed by atoms with Gasteiger partial charge < -0.3 is 19.9 Å². The van der Waals surface area contributed by atoms with E-state index in [1.165, 1.54) is 25.9 Å². The Balaban J connectivity index is 1.42. The van der Waals surface area contributed by atoms with Crippen LogP contribution < -0.4 is 10.6 Å². The molecule has 0 radical (unpaired) electrons. The lowest BCUT2D eigenvalue weighted by Gasteiger charge is -2.25. The van der Waals surface area contributed by atoms with Gasteiger partial charge in [0.1, 0.15) is 10.0 Å². The van der Waals surface area contributed by atoms with Gasteiger partial charge >= 0.3 is 5.97 Å². The molecule has 0 saturated carbocycles. The second-order valence-corrected chi connectivity index (χ2v) is 11.4. The van der Waals surface area contributed by atoms with E-state index < -0.39 is 0 Å². The Bertz CT molecular complexity index is 1330. The summed E-state index contributed by atoms with van der Waals surface area (Å²) in [5.74, 6) is 0.0269. The number of carbonyl (C=O) groups is 1. The van der Waals surface area contributed by atoms with Gasteiger partial charge in [-0.1, -0.05) is 6.92 Å². The van der Waals surface area contributed by atoms with Crippen LogP contribution in [0.3, 0.4) is 0 Å². The molecule has 0 aromatic carbocycles. The number of ether oxygens (including phenoxy) is 1. The number of likely N-dealkylation sites (N-methyl/N-ethyl adjacent to an activating group) is 1. The number of aliphatic imine (C=N–C) groups is 1. The summed E-state index contributed by atoms with van der Waals surface area (Å²) < 4.78 is 7.55. The number of nitrogens with one attached hydrogen (secondary N) is 2. The summed E-state index contributed by atoms with van der Waals surface area (Å²) in [4.78, 5) is 22.0. The van der Waals surface area contributed by atoms with Crippen molar-refractivity contribution in [2.24, 2.45) is 4.99 Å². The van der Waals surface area contributed by atoms with Gasteiger partial charge in [-0.25, -0.2) is 4.79 Å². The molecule has 1 aliphatic heterocycles. The standard InChI is InChI=1S/C27H32N6O2S2/c1-3-32-14-11-18-20(25(37-22(18)16-32)33-12-7-8-13-33)15-29-27(30-17-28)31-24-23(26(34)35-4-2)19-9-5-6-10-21(19)36-24/h7-8,12-13H,3-6,9-11,14-16H2,1-2H3,(H2,29,30,31). The van der Waals surface area contributed by atoms with Gasteiger partial charge in [-0.15, -0.1) is 27.7 Å². The molecule has 37 heavy (non-hydrogen) atoms. The highest BCUT2D eigenvalue weighted by Crippen LogP contribution is 2.39. The van der Waals surface area contributed by atoms with Crippen molar-refractivity contribution in [1.82, 2.24) is 14.8 Å². The van der Waals surface area contributed by atoms with Crippen LogP contribution in [0, 0.1) is 11.5 Å². The van der Waals surface area contributed by atoms with Crippen molar-refractivity contribution >= 4 is 39.6 Å². The molecule has 0 fully saturated rings. The number of carbonyl (C=O) groups excluding carboxylic acids is 1. The number of aromatic nitrogens is 1. The van der Waals surface area contributed by atoms with Gasteiger partial charge in [0.05, 0.1) is 12.2 Å². The van der Waals surface area contributed by atoms with Gasteiger partial charge in [0.25, 0.3) is 0 Å². The zero-order valence-corrected chi connectivity index (χ0v) is 22.9. The number of hydrogen-bond donors (Lipinski definition) is 2. The molecule has 0 atom stereocenters. The van der Waals surface area contributed by atoms with Crippen molar-refractivity contribution in [3.05, 3.63) is 56.5 Å². The lowest BCUT2D eigenvalue weighted by Crippen LogP contribution is -2.32. The highest BCUT2D eigenvalue weighted by atomic mass is 32.1. The Kier molecular flexibility index (Phi) is 7.93. The summed E-state index contributed by atoms with van der Waals surface area (Å²) in [5.41, 5.74) is 4.29. The van der Waals surface area contributed by atoms with E-state index in [9.17, 15) is 10.1 Å². The Morgan fingerprint density at radius 2 is 1.95 bits per heavy atom. The Hall–Kier alpha value is -3.13. The smallest absolute Gasteiger partial charge is 0.341 e. The fourth-order valence-electron chi connectivity index (χ4n) is 5.15. The summed E-state index contributed by atoms with van der Waals surface area (Å²) in [7, 11) is 0. The highest BCUT2D eigenvalue weighted by molar-refractivity contribution is 7.17. The lowest BCUT2D eigenvalue weighted by molar-refractivity contribution is 0.0526. The third-order valence-corrected chi connectivity index (χ3v) is 9.47. The minimum atomic E-state index is -0.317. The summed E-state index contributed by atoms with van der Waals surface area (Å²) in [5, 5.41) is 18.0. The number of guanidine groups is 1. The van der Waals surface area contributed by atoms with Crippen molar-refractivity contribution in [1.29, 1.82) is 5.26 Å². The molecular weight excluding hydrogens is 504 g/mol. The minimum absolute atomic E-state index is 0.317. The fraction of sp³-hybridized carbons (Fsp3) is 0.444. The molecule has 0 bridgehead atoms. The quantitative estimate of drug-likeness (QED) is 0.189. The van der Waals surface area contributed by atoms with Crippen LogP contribution in [-0.4, -0.2) is 41.1 Å². The minimum Gasteiger partial charge on any atom is -0.462 e. The maximum absolute atomic E-state index is 12.9. The zero-order valence-electron chi connectivity index (χ0n) is 21.3. The van der Waals surface area contributed by atoms with Crippen molar-refractivity contribution in [2.75, 3.05) is 25.0 Å². The average molecular weight is 537 g/mol. The first-order valence-electron chi connectivity index (χ1n) is 12.9. The number of nitriles is 1. The van der Waals surface area contributed by atoms with Crippen molar-refractivity contribution in [2.45, 2.75) is 59.0 Å². The van der Waals surface area contributed by atoms with Crippen LogP contribution >= 0.6 is 22.7 Å². The van der Waals surface area contributed by atoms with Gasteiger partial charge in [0.2, 0.25) is 12.2 Å². The van der Waals surface area contributed by atoms with Crippen molar-refractivity contribution in [3.8, 4) is 11.2 Å². The van der Waals surface area contributed by atoms with Gasteiger partial charge in [0, 0.05) is 47.3 Å². The molecule has 8 nitrogen and oxygen atoms in total. The molecule has 0 spiro atoms. The van der Waals surface area contributed by atoms with Crippen LogP contribution in [0.15, 0.2) is 29.5 Å². The van der Waals surface area contributed by atoms with E-state index in [0.29, 0.717) is 29.7 Å². The first-order chi connectivity index (χ1) is 18.1. The molecule has 194 valence electrons. The molecular formula is C27H32N6O2S2. The van der Waals surface area contributed by atoms with Gasteiger partial charge in [-0.3, -0.25) is 4.90 Å². The van der Waals surface area contributed by atoms with E-state index in [1.54, 1.807) is 11.3 Å². The van der Waals surface area contributed by atoms with Gasteiger partial charge in [-0.2, -0.15) is 5.26 Å². The molecule has 4 heterocycles. The first-order valence-corrected chi connectivity index (χ1v) is 14.5. The van der Waals surface area contributed by atoms with E-state index in [4.69, 9.17) is 4.74 Å². The Labute approximate surface area is 225 Å². The molecule has 3 aromatic heterocycles. The summed E-state index contributed by atoms with van der Waals surface area (Å²) in [6, 6.07) is 4.07. The molecule has 0 saturated heterocycles. The normalized spacial score (nSPS) is 15.5. The number of esters is 1. The Morgan fingerprint density at radius 1 is 1.14 bits per heavy atom. The number of hydrogen-bond acceptors (Lipinski definition) is 7. The molecule has 2 N–H and O–H groups in total. The zero-order chi connectivity index (χ0) is 25.8. The van der Waals surface area contributed by atoms with Gasteiger partial charge in [0.15, 0.2) is 0 Å². The first kappa shape index (κ1) is 25.5. The SMILES string of the molecule is CCOC(=O)c1c(N/C(=N/C#N)NCc2c(-n3cccc3)sc3c2CCN(CC)C3)sc2c1CCCC2. The number of aryl methyl sites for hydroxylation is 1. The van der Waals surface area contributed by atoms with Crippen LogP contribution in [0.4, 0.5) is 5.00 Å². The molecule has 3 aromatic rings. The third kappa shape index (κ3) is 5.30. The maximum atomic E-state index is 12.9. The van der Waals surface area contributed by atoms with Crippen LogP contribution in [0.2, 0.25) is 0 Å². The van der Waals surface area contributed by atoms with Gasteiger partial charge in [-0.05, 0) is 68.8 Å². The fourth-order valence-corrected chi connectivity index (χ4v) is 7.80. The topological polar surface area (TPSA) is 94.7 Å². The predicted molar refractivity (Wildman–Crippen MR) is 149 cm³/mol. The molecule has 10 heteroatoms. The molecule has 0 amide bonds. The van der Waals surface area contributed by atoms with Crippen LogP contribution in [-0.2, 0) is 37.1 Å². The molecule has 5 rings (SSSR count). The molecule has 2 aliphatic rings. The Morgan fingerprint density at radius 3 is 2.70 bits per heavy atom.